The number of aromatic nitrogens is 3. The smallest absolute Gasteiger partial charge is 0.273 e. The second-order valence-electron chi connectivity index (χ2n) is 5.43. The molecular weight excluding hydrogens is 362 g/mol. The third-order valence-corrected chi connectivity index (χ3v) is 5.09. The Morgan fingerprint density at radius 2 is 2.00 bits per heavy atom. The Hall–Kier alpha value is -2.11. The van der Waals surface area contributed by atoms with E-state index in [-0.39, 0.29) is 18.4 Å². The summed E-state index contributed by atoms with van der Waals surface area (Å²) in [5, 5.41) is 16.3. The van der Waals surface area contributed by atoms with Gasteiger partial charge in [-0.1, -0.05) is 11.3 Å². The zero-order valence-corrected chi connectivity index (χ0v) is 15.4. The molecule has 1 saturated heterocycles. The topological polar surface area (TPSA) is 103 Å². The molecule has 2 amide bonds. The maximum absolute atomic E-state index is 12.5. The van der Waals surface area contributed by atoms with Gasteiger partial charge in [-0.25, -0.2) is 4.98 Å². The number of carbonyl (C=O) groups excluding carboxylic acids is 2. The van der Waals surface area contributed by atoms with Gasteiger partial charge in [0.2, 0.25) is 11.0 Å². The van der Waals surface area contributed by atoms with Gasteiger partial charge in [0.15, 0.2) is 5.13 Å². The number of thiazole rings is 1. The maximum atomic E-state index is 12.5. The molecule has 0 atom stereocenters. The predicted molar refractivity (Wildman–Crippen MR) is 97.2 cm³/mol. The van der Waals surface area contributed by atoms with E-state index in [0.29, 0.717) is 37.0 Å². The Labute approximate surface area is 153 Å². The van der Waals surface area contributed by atoms with Crippen LogP contribution in [0, 0.1) is 0 Å². The zero-order valence-electron chi connectivity index (χ0n) is 13.8. The summed E-state index contributed by atoms with van der Waals surface area (Å²) in [6.45, 7) is 5.52. The van der Waals surface area contributed by atoms with Crippen molar-refractivity contribution in [2.24, 2.45) is 0 Å². The average Bonchev–Trinajstić information content (AvgIpc) is 3.27. The molecule has 134 valence electrons. The van der Waals surface area contributed by atoms with Crippen molar-refractivity contribution in [3.63, 3.8) is 0 Å². The third kappa shape index (κ3) is 4.71. The Morgan fingerprint density at radius 3 is 2.68 bits per heavy atom. The molecule has 0 saturated carbocycles. The molecule has 0 aliphatic carbocycles. The number of piperazine rings is 1. The van der Waals surface area contributed by atoms with Crippen molar-refractivity contribution in [3.8, 4) is 0 Å². The molecule has 11 heteroatoms. The molecule has 1 aliphatic heterocycles. The van der Waals surface area contributed by atoms with Gasteiger partial charge >= 0.3 is 0 Å². The number of carbonyl (C=O) groups is 2. The lowest BCUT2D eigenvalue weighted by Gasteiger charge is -2.33. The lowest BCUT2D eigenvalue weighted by molar-refractivity contribution is -0.117. The van der Waals surface area contributed by atoms with Crippen molar-refractivity contribution in [3.05, 3.63) is 16.6 Å². The molecule has 0 aromatic carbocycles. The zero-order chi connectivity index (χ0) is 17.6. The minimum Gasteiger partial charge on any atom is -0.362 e. The molecule has 3 heterocycles. The highest BCUT2D eigenvalue weighted by molar-refractivity contribution is 7.14. The fourth-order valence-corrected chi connectivity index (χ4v) is 3.68. The summed E-state index contributed by atoms with van der Waals surface area (Å²) in [6.07, 6.45) is 0. The van der Waals surface area contributed by atoms with Crippen molar-refractivity contribution in [2.75, 3.05) is 49.9 Å². The molecule has 2 N–H and O–H groups in total. The number of hydrogen-bond acceptors (Lipinski definition) is 9. The van der Waals surface area contributed by atoms with Crippen LogP contribution in [0.4, 0.5) is 10.3 Å². The van der Waals surface area contributed by atoms with E-state index in [2.05, 4.69) is 25.8 Å². The van der Waals surface area contributed by atoms with E-state index < -0.39 is 0 Å². The number of hydrogen-bond donors (Lipinski definition) is 2. The minimum atomic E-state index is -0.119. The molecular formula is C14H19N7O2S2. The van der Waals surface area contributed by atoms with Crippen LogP contribution in [0.3, 0.4) is 0 Å². The van der Waals surface area contributed by atoms with E-state index >= 15 is 0 Å². The number of nitrogens with zero attached hydrogens (tertiary/aromatic N) is 5. The molecule has 3 rings (SSSR count). The molecule has 0 radical (unpaired) electrons. The summed E-state index contributed by atoms with van der Waals surface area (Å²) < 4.78 is 0. The first-order valence-corrected chi connectivity index (χ1v) is 9.68. The van der Waals surface area contributed by atoms with Crippen LogP contribution in [0.1, 0.15) is 17.4 Å². The summed E-state index contributed by atoms with van der Waals surface area (Å²) >= 11 is 2.72. The van der Waals surface area contributed by atoms with Crippen molar-refractivity contribution >= 4 is 44.8 Å². The average molecular weight is 381 g/mol. The molecule has 1 fully saturated rings. The first-order valence-electron chi connectivity index (χ1n) is 7.92. The predicted octanol–water partition coefficient (Wildman–Crippen LogP) is 0.823. The Balaban J connectivity index is 1.46. The molecule has 0 bridgehead atoms. The lowest BCUT2D eigenvalue weighted by atomic mass is 10.3. The van der Waals surface area contributed by atoms with Crippen LogP contribution in [0.25, 0.3) is 0 Å². The molecule has 0 spiro atoms. The normalized spacial score (nSPS) is 15.2. The number of nitrogens with one attached hydrogen (secondary N) is 2. The number of amides is 2. The van der Waals surface area contributed by atoms with Crippen LogP contribution in [0.15, 0.2) is 10.9 Å². The van der Waals surface area contributed by atoms with Crippen LogP contribution in [0.2, 0.25) is 0 Å². The lowest BCUT2D eigenvalue weighted by Crippen LogP contribution is -2.50. The Morgan fingerprint density at radius 1 is 1.20 bits per heavy atom. The molecule has 9 nitrogen and oxygen atoms in total. The number of anilines is 2. The van der Waals surface area contributed by atoms with Gasteiger partial charge in [-0.3, -0.25) is 19.8 Å². The largest absolute Gasteiger partial charge is 0.362 e. The molecule has 1 aliphatic rings. The SMILES string of the molecule is CCNc1nc(C(=O)N2CCN(CC(=O)Nc3nncs3)CC2)cs1. The summed E-state index contributed by atoms with van der Waals surface area (Å²) in [4.78, 5) is 32.6. The maximum Gasteiger partial charge on any atom is 0.273 e. The van der Waals surface area contributed by atoms with Crippen molar-refractivity contribution in [1.29, 1.82) is 0 Å². The molecule has 2 aromatic rings. The van der Waals surface area contributed by atoms with Crippen LogP contribution in [-0.4, -0.2) is 76.1 Å². The standard InChI is InChI=1S/C14H19N7O2S2/c1-2-15-13-17-10(8-24-13)12(23)21-5-3-20(4-6-21)7-11(22)18-14-19-16-9-25-14/h8-9H,2-7H2,1H3,(H,15,17)(H,18,19,22). The summed E-state index contributed by atoms with van der Waals surface area (Å²) in [5.74, 6) is -0.176. The summed E-state index contributed by atoms with van der Waals surface area (Å²) in [7, 11) is 0. The number of rotatable bonds is 6. The van der Waals surface area contributed by atoms with Gasteiger partial charge in [-0.05, 0) is 6.92 Å². The monoisotopic (exact) mass is 381 g/mol. The summed E-state index contributed by atoms with van der Waals surface area (Å²) in [6, 6.07) is 0. The van der Waals surface area contributed by atoms with Gasteiger partial charge in [0, 0.05) is 38.1 Å². The van der Waals surface area contributed by atoms with E-state index in [1.807, 2.05) is 11.8 Å². The van der Waals surface area contributed by atoms with Gasteiger partial charge in [-0.2, -0.15) is 0 Å². The van der Waals surface area contributed by atoms with Crippen molar-refractivity contribution in [1.82, 2.24) is 25.0 Å². The van der Waals surface area contributed by atoms with E-state index in [9.17, 15) is 9.59 Å². The highest BCUT2D eigenvalue weighted by Gasteiger charge is 2.25. The first-order chi connectivity index (χ1) is 12.2. The Bertz CT molecular complexity index is 711. The van der Waals surface area contributed by atoms with Crippen LogP contribution < -0.4 is 10.6 Å². The second-order valence-corrected chi connectivity index (χ2v) is 7.12. The molecule has 25 heavy (non-hydrogen) atoms. The minimum absolute atomic E-state index is 0.0571. The van der Waals surface area contributed by atoms with Gasteiger partial charge < -0.3 is 10.2 Å². The highest BCUT2D eigenvalue weighted by atomic mass is 32.1. The van der Waals surface area contributed by atoms with Crippen LogP contribution in [-0.2, 0) is 4.79 Å². The second kappa shape index (κ2) is 8.32. The molecule has 2 aromatic heterocycles. The van der Waals surface area contributed by atoms with Crippen molar-refractivity contribution in [2.45, 2.75) is 6.92 Å². The van der Waals surface area contributed by atoms with E-state index in [4.69, 9.17) is 0 Å². The van der Waals surface area contributed by atoms with E-state index in [1.165, 1.54) is 22.7 Å². The third-order valence-electron chi connectivity index (χ3n) is 3.68. The van der Waals surface area contributed by atoms with E-state index in [1.54, 1.807) is 15.8 Å². The summed E-state index contributed by atoms with van der Waals surface area (Å²) in [5.41, 5.74) is 2.04. The highest BCUT2D eigenvalue weighted by Crippen LogP contribution is 2.17. The van der Waals surface area contributed by atoms with Gasteiger partial charge in [-0.15, -0.1) is 21.5 Å². The first kappa shape index (κ1) is 17.7. The Kier molecular flexibility index (Phi) is 5.89. The van der Waals surface area contributed by atoms with Crippen molar-refractivity contribution < 1.29 is 9.59 Å². The fraction of sp³-hybridized carbons (Fsp3) is 0.500. The van der Waals surface area contributed by atoms with Gasteiger partial charge in [0.1, 0.15) is 11.2 Å². The van der Waals surface area contributed by atoms with Crippen LogP contribution in [0.5, 0.6) is 0 Å². The van der Waals surface area contributed by atoms with Crippen LogP contribution >= 0.6 is 22.7 Å². The molecule has 0 unspecified atom stereocenters. The van der Waals surface area contributed by atoms with Gasteiger partial charge in [0.05, 0.1) is 6.54 Å². The fourth-order valence-electron chi connectivity index (χ4n) is 2.46. The quantitative estimate of drug-likeness (QED) is 0.764. The van der Waals surface area contributed by atoms with Gasteiger partial charge in [0.25, 0.3) is 5.91 Å². The van der Waals surface area contributed by atoms with E-state index in [0.717, 1.165) is 11.7 Å².